The van der Waals surface area contributed by atoms with Gasteiger partial charge in [-0.15, -0.1) is 13.2 Å². The number of aromatic nitrogens is 1. The van der Waals surface area contributed by atoms with Crippen molar-refractivity contribution in [1.29, 1.82) is 0 Å². The van der Waals surface area contributed by atoms with Gasteiger partial charge in [-0.25, -0.2) is 4.98 Å². The second-order valence-electron chi connectivity index (χ2n) is 3.88. The Balaban J connectivity index is 2.27. The molecule has 1 heterocycles. The predicted octanol–water partition coefficient (Wildman–Crippen LogP) is 3.88. The lowest BCUT2D eigenvalue weighted by Gasteiger charge is -2.13. The van der Waals surface area contributed by atoms with Gasteiger partial charge in [0, 0.05) is 12.6 Å². The third-order valence-electron chi connectivity index (χ3n) is 2.38. The van der Waals surface area contributed by atoms with Gasteiger partial charge in [0.1, 0.15) is 0 Å². The molecule has 2 rings (SSSR count). The van der Waals surface area contributed by atoms with E-state index in [1.54, 1.807) is 0 Å². The van der Waals surface area contributed by atoms with Crippen LogP contribution in [0.25, 0.3) is 0 Å². The van der Waals surface area contributed by atoms with Crippen LogP contribution in [0.5, 0.6) is 17.4 Å². The lowest BCUT2D eigenvalue weighted by Crippen LogP contribution is -2.17. The highest BCUT2D eigenvalue weighted by molar-refractivity contribution is 6.31. The first-order chi connectivity index (χ1) is 9.89. The van der Waals surface area contributed by atoms with E-state index < -0.39 is 12.1 Å². The third kappa shape index (κ3) is 4.24. The zero-order chi connectivity index (χ0) is 15.5. The summed E-state index contributed by atoms with van der Waals surface area (Å²) in [7, 11) is 0. The van der Waals surface area contributed by atoms with Crippen LogP contribution in [0.2, 0.25) is 5.02 Å². The van der Waals surface area contributed by atoms with Crippen LogP contribution in [0.4, 0.5) is 13.2 Å². The SMILES string of the molecule is NCc1nc(Oc2ccccc2OC(F)(F)F)ccc1Cl. The average Bonchev–Trinajstić information content (AvgIpc) is 2.41. The Bertz CT molecular complexity index is 635. The molecule has 21 heavy (non-hydrogen) atoms. The van der Waals surface area contributed by atoms with Crippen LogP contribution in [0.3, 0.4) is 0 Å². The van der Waals surface area contributed by atoms with Crippen LogP contribution < -0.4 is 15.2 Å². The number of para-hydroxylation sites is 2. The van der Waals surface area contributed by atoms with E-state index >= 15 is 0 Å². The summed E-state index contributed by atoms with van der Waals surface area (Å²) in [4.78, 5) is 4.01. The van der Waals surface area contributed by atoms with Gasteiger partial charge in [0.25, 0.3) is 0 Å². The topological polar surface area (TPSA) is 57.4 Å². The number of benzene rings is 1. The number of hydrogen-bond acceptors (Lipinski definition) is 4. The van der Waals surface area contributed by atoms with Crippen molar-refractivity contribution >= 4 is 11.6 Å². The molecule has 0 spiro atoms. The minimum absolute atomic E-state index is 0.0677. The molecule has 4 nitrogen and oxygen atoms in total. The smallest absolute Gasteiger partial charge is 0.435 e. The number of pyridine rings is 1. The summed E-state index contributed by atoms with van der Waals surface area (Å²) in [6.45, 7) is 0.0801. The van der Waals surface area contributed by atoms with E-state index in [9.17, 15) is 13.2 Å². The molecule has 0 unspecified atom stereocenters. The molecule has 1 aromatic heterocycles. The molecule has 0 amide bonds. The molecule has 0 aliphatic rings. The van der Waals surface area contributed by atoms with Crippen molar-refractivity contribution < 1.29 is 22.6 Å². The number of ether oxygens (including phenoxy) is 2. The molecule has 2 N–H and O–H groups in total. The van der Waals surface area contributed by atoms with Gasteiger partial charge in [-0.05, 0) is 18.2 Å². The second-order valence-corrected chi connectivity index (χ2v) is 4.29. The summed E-state index contributed by atoms with van der Waals surface area (Å²) < 4.78 is 46.1. The van der Waals surface area contributed by atoms with Gasteiger partial charge in [0.2, 0.25) is 5.88 Å². The predicted molar refractivity (Wildman–Crippen MR) is 70.3 cm³/mol. The number of alkyl halides is 3. The van der Waals surface area contributed by atoms with E-state index in [2.05, 4.69) is 9.72 Å². The molecular formula is C13H10ClF3N2O2. The maximum absolute atomic E-state index is 12.3. The molecule has 0 bridgehead atoms. The highest BCUT2D eigenvalue weighted by Crippen LogP contribution is 2.34. The van der Waals surface area contributed by atoms with Crippen LogP contribution in [0, 0.1) is 0 Å². The van der Waals surface area contributed by atoms with Gasteiger partial charge in [-0.3, -0.25) is 0 Å². The van der Waals surface area contributed by atoms with Crippen molar-refractivity contribution in [3.63, 3.8) is 0 Å². The summed E-state index contributed by atoms with van der Waals surface area (Å²) >= 11 is 5.85. The van der Waals surface area contributed by atoms with Gasteiger partial charge < -0.3 is 15.2 Å². The molecule has 0 saturated heterocycles. The van der Waals surface area contributed by atoms with Crippen molar-refractivity contribution in [2.75, 3.05) is 0 Å². The van der Waals surface area contributed by atoms with Crippen LogP contribution in [-0.4, -0.2) is 11.3 Å². The summed E-state index contributed by atoms with van der Waals surface area (Å²) in [5.74, 6) is -0.512. The molecule has 8 heteroatoms. The first kappa shape index (κ1) is 15.4. The number of nitrogens with zero attached hydrogens (tertiary/aromatic N) is 1. The summed E-state index contributed by atoms with van der Waals surface area (Å²) in [5.41, 5.74) is 5.83. The van der Waals surface area contributed by atoms with Gasteiger partial charge in [-0.1, -0.05) is 23.7 Å². The molecule has 112 valence electrons. The second kappa shape index (κ2) is 6.19. The lowest BCUT2D eigenvalue weighted by molar-refractivity contribution is -0.275. The first-order valence-electron chi connectivity index (χ1n) is 5.77. The Morgan fingerprint density at radius 2 is 1.76 bits per heavy atom. The zero-order valence-electron chi connectivity index (χ0n) is 10.5. The Labute approximate surface area is 123 Å². The Hall–Kier alpha value is -1.99. The molecule has 1 aromatic carbocycles. The fourth-order valence-corrected chi connectivity index (χ4v) is 1.70. The normalized spacial score (nSPS) is 11.3. The maximum Gasteiger partial charge on any atom is 0.573 e. The minimum atomic E-state index is -4.81. The van der Waals surface area contributed by atoms with Gasteiger partial charge in [-0.2, -0.15) is 0 Å². The standard InChI is InChI=1S/C13H10ClF3N2O2/c14-8-5-6-12(19-9(8)7-18)20-10-3-1-2-4-11(10)21-13(15,16)17/h1-6H,7,18H2. The Morgan fingerprint density at radius 1 is 1.10 bits per heavy atom. The molecular weight excluding hydrogens is 309 g/mol. The minimum Gasteiger partial charge on any atom is -0.435 e. The van der Waals surface area contributed by atoms with Crippen LogP contribution >= 0.6 is 11.6 Å². The molecule has 0 fully saturated rings. The van der Waals surface area contributed by atoms with Crippen molar-refractivity contribution in [3.8, 4) is 17.4 Å². The molecule has 2 aromatic rings. The van der Waals surface area contributed by atoms with Crippen molar-refractivity contribution in [1.82, 2.24) is 4.98 Å². The first-order valence-corrected chi connectivity index (χ1v) is 6.15. The van der Waals surface area contributed by atoms with E-state index in [-0.39, 0.29) is 18.2 Å². The molecule has 0 aliphatic heterocycles. The third-order valence-corrected chi connectivity index (χ3v) is 2.72. The van der Waals surface area contributed by atoms with Crippen molar-refractivity contribution in [2.24, 2.45) is 5.73 Å². The quantitative estimate of drug-likeness (QED) is 0.929. The summed E-state index contributed by atoms with van der Waals surface area (Å²) in [6.07, 6.45) is -4.81. The number of hydrogen-bond donors (Lipinski definition) is 1. The fraction of sp³-hybridized carbons (Fsp3) is 0.154. The van der Waals surface area contributed by atoms with E-state index in [0.717, 1.165) is 6.07 Å². The molecule has 0 atom stereocenters. The Morgan fingerprint density at radius 3 is 2.38 bits per heavy atom. The number of halogens is 4. The molecule has 0 radical (unpaired) electrons. The van der Waals surface area contributed by atoms with Crippen LogP contribution in [-0.2, 0) is 6.54 Å². The molecule has 0 saturated carbocycles. The maximum atomic E-state index is 12.3. The largest absolute Gasteiger partial charge is 0.573 e. The van der Waals surface area contributed by atoms with Gasteiger partial charge >= 0.3 is 6.36 Å². The van der Waals surface area contributed by atoms with Crippen molar-refractivity contribution in [3.05, 3.63) is 47.1 Å². The number of nitrogens with two attached hydrogens (primary N) is 1. The fourth-order valence-electron chi connectivity index (χ4n) is 1.52. The van der Waals surface area contributed by atoms with Crippen molar-refractivity contribution in [2.45, 2.75) is 12.9 Å². The van der Waals surface area contributed by atoms with E-state index in [0.29, 0.717) is 10.7 Å². The van der Waals surface area contributed by atoms with Gasteiger partial charge in [0.15, 0.2) is 11.5 Å². The summed E-state index contributed by atoms with van der Waals surface area (Å²) in [6, 6.07) is 8.31. The molecule has 0 aliphatic carbocycles. The van der Waals surface area contributed by atoms with Gasteiger partial charge in [0.05, 0.1) is 10.7 Å². The van der Waals surface area contributed by atoms with Crippen LogP contribution in [0.15, 0.2) is 36.4 Å². The Kier molecular flexibility index (Phi) is 4.54. The number of rotatable bonds is 4. The highest BCUT2D eigenvalue weighted by Gasteiger charge is 2.32. The van der Waals surface area contributed by atoms with Crippen LogP contribution in [0.1, 0.15) is 5.69 Å². The lowest BCUT2D eigenvalue weighted by atomic mass is 10.3. The van der Waals surface area contributed by atoms with E-state index in [1.807, 2.05) is 0 Å². The monoisotopic (exact) mass is 318 g/mol. The highest BCUT2D eigenvalue weighted by atomic mass is 35.5. The van der Waals surface area contributed by atoms with E-state index in [1.165, 1.54) is 30.3 Å². The summed E-state index contributed by atoms with van der Waals surface area (Å²) in [5, 5.41) is 0.352. The zero-order valence-corrected chi connectivity index (χ0v) is 11.3. The average molecular weight is 319 g/mol. The van der Waals surface area contributed by atoms with E-state index in [4.69, 9.17) is 22.1 Å².